The third-order valence-electron chi connectivity index (χ3n) is 2.00. The molecule has 0 radical (unpaired) electrons. The topological polar surface area (TPSA) is 46.7 Å². The maximum atomic E-state index is 10.5. The molecule has 2 unspecified atom stereocenters. The molecule has 1 fully saturated rings. The first-order valence-corrected chi connectivity index (χ1v) is 3.32. The van der Waals surface area contributed by atoms with E-state index >= 15 is 0 Å². The minimum atomic E-state index is -0.920. The van der Waals surface area contributed by atoms with Crippen molar-refractivity contribution in [3.05, 3.63) is 23.8 Å². The number of ether oxygens (including phenoxy) is 1. The monoisotopic (exact) mass is 150 g/mol. The third-order valence-corrected chi connectivity index (χ3v) is 2.00. The summed E-state index contributed by atoms with van der Waals surface area (Å²) in [5.74, 6) is 0. The highest BCUT2D eigenvalue weighted by Crippen LogP contribution is 2.43. The predicted molar refractivity (Wildman–Crippen MR) is 37.0 cm³/mol. The zero-order valence-corrected chi connectivity index (χ0v) is 5.69. The van der Waals surface area contributed by atoms with Crippen LogP contribution in [0.1, 0.15) is 0 Å². The van der Waals surface area contributed by atoms with Gasteiger partial charge in [-0.15, -0.1) is 0 Å². The molecule has 56 valence electrons. The van der Waals surface area contributed by atoms with Gasteiger partial charge < -0.3 is 4.74 Å². The van der Waals surface area contributed by atoms with E-state index in [9.17, 15) is 9.59 Å². The number of fused-ring (bicyclic) bond motifs is 1. The molecule has 1 aliphatic carbocycles. The van der Waals surface area contributed by atoms with Crippen LogP contribution < -0.4 is 0 Å². The lowest BCUT2D eigenvalue weighted by atomic mass is 9.94. The highest BCUT2D eigenvalue weighted by Gasteiger charge is 2.59. The van der Waals surface area contributed by atoms with Gasteiger partial charge >= 0.3 is 0 Å². The lowest BCUT2D eigenvalue weighted by molar-refractivity contribution is -0.113. The van der Waals surface area contributed by atoms with Crippen molar-refractivity contribution in [2.45, 2.75) is 11.7 Å². The minimum absolute atomic E-state index is 0.204. The van der Waals surface area contributed by atoms with Crippen LogP contribution in [0.2, 0.25) is 0 Å². The number of hydrogen-bond donors (Lipinski definition) is 0. The average Bonchev–Trinajstić information content (AvgIpc) is 2.78. The fraction of sp³-hybridized carbons (Fsp3) is 0.250. The Bertz CT molecular complexity index is 277. The van der Waals surface area contributed by atoms with Crippen molar-refractivity contribution in [3.8, 4) is 0 Å². The number of hydrogen-bond acceptors (Lipinski definition) is 3. The second kappa shape index (κ2) is 1.89. The molecule has 0 bridgehead atoms. The first kappa shape index (κ1) is 6.49. The van der Waals surface area contributed by atoms with Gasteiger partial charge in [0.05, 0.1) is 0 Å². The van der Waals surface area contributed by atoms with Gasteiger partial charge in [0.25, 0.3) is 0 Å². The minimum Gasteiger partial charge on any atom is -0.348 e. The summed E-state index contributed by atoms with van der Waals surface area (Å²) in [5.41, 5.74) is -0.503. The third kappa shape index (κ3) is 0.657. The molecule has 0 amide bonds. The van der Waals surface area contributed by atoms with Gasteiger partial charge in [-0.25, -0.2) is 0 Å². The van der Waals surface area contributed by atoms with Crippen LogP contribution in [-0.4, -0.2) is 24.3 Å². The van der Waals surface area contributed by atoms with E-state index in [1.165, 1.54) is 0 Å². The number of carbonyl (C=O) groups is 2. The summed E-state index contributed by atoms with van der Waals surface area (Å²) in [7, 11) is 0. The van der Waals surface area contributed by atoms with Gasteiger partial charge in [0.1, 0.15) is 12.4 Å². The zero-order valence-electron chi connectivity index (χ0n) is 5.69. The van der Waals surface area contributed by atoms with Crippen LogP contribution >= 0.6 is 0 Å². The van der Waals surface area contributed by atoms with Gasteiger partial charge in [0.2, 0.25) is 0 Å². The highest BCUT2D eigenvalue weighted by atomic mass is 16.6. The number of epoxide rings is 1. The second-order valence-electron chi connectivity index (χ2n) is 2.57. The fourth-order valence-corrected chi connectivity index (χ4v) is 1.28. The first-order valence-electron chi connectivity index (χ1n) is 3.32. The average molecular weight is 150 g/mol. The van der Waals surface area contributed by atoms with E-state index in [0.29, 0.717) is 18.1 Å². The molecule has 0 aromatic rings. The number of carbonyl (C=O) groups excluding carboxylic acids is 2. The number of aldehydes is 2. The van der Waals surface area contributed by atoms with Crippen molar-refractivity contribution < 1.29 is 14.3 Å². The maximum Gasteiger partial charge on any atom is 0.182 e. The van der Waals surface area contributed by atoms with E-state index in [1.54, 1.807) is 18.2 Å². The molecular weight excluding hydrogens is 144 g/mol. The lowest BCUT2D eigenvalue weighted by Gasteiger charge is -2.04. The largest absolute Gasteiger partial charge is 0.348 e. The fourth-order valence-electron chi connectivity index (χ4n) is 1.28. The van der Waals surface area contributed by atoms with Crippen molar-refractivity contribution in [2.24, 2.45) is 0 Å². The van der Waals surface area contributed by atoms with E-state index in [4.69, 9.17) is 4.74 Å². The smallest absolute Gasteiger partial charge is 0.182 e. The summed E-state index contributed by atoms with van der Waals surface area (Å²) in [6.45, 7) is 0. The van der Waals surface area contributed by atoms with Crippen LogP contribution in [0.4, 0.5) is 0 Å². The van der Waals surface area contributed by atoms with Crippen LogP contribution in [0.3, 0.4) is 0 Å². The second-order valence-corrected chi connectivity index (χ2v) is 2.57. The van der Waals surface area contributed by atoms with Gasteiger partial charge in [-0.1, -0.05) is 18.2 Å². The standard InChI is InChI=1S/C8H6O3/c9-4-6-2-1-3-7-8(6,5-10)11-7/h1-5,7H. The van der Waals surface area contributed by atoms with Crippen LogP contribution in [-0.2, 0) is 14.3 Å². The molecular formula is C8H6O3. The van der Waals surface area contributed by atoms with Gasteiger partial charge in [0.15, 0.2) is 11.9 Å². The van der Waals surface area contributed by atoms with Crippen LogP contribution in [0, 0.1) is 0 Å². The molecule has 2 aliphatic rings. The molecule has 0 aromatic heterocycles. The molecule has 2 rings (SSSR count). The summed E-state index contributed by atoms with van der Waals surface area (Å²) in [5, 5.41) is 0. The van der Waals surface area contributed by atoms with Crippen molar-refractivity contribution in [2.75, 3.05) is 0 Å². The van der Waals surface area contributed by atoms with Gasteiger partial charge in [-0.2, -0.15) is 0 Å². The first-order chi connectivity index (χ1) is 5.33. The van der Waals surface area contributed by atoms with Gasteiger partial charge in [-0.05, 0) is 0 Å². The van der Waals surface area contributed by atoms with Crippen LogP contribution in [0.5, 0.6) is 0 Å². The molecule has 2 atom stereocenters. The van der Waals surface area contributed by atoms with E-state index < -0.39 is 5.60 Å². The van der Waals surface area contributed by atoms with Crippen molar-refractivity contribution in [1.29, 1.82) is 0 Å². The molecule has 3 nitrogen and oxygen atoms in total. The highest BCUT2D eigenvalue weighted by molar-refractivity contribution is 5.91. The molecule has 0 saturated carbocycles. The number of allylic oxidation sites excluding steroid dienone is 2. The Kier molecular flexibility index (Phi) is 1.11. The Hall–Kier alpha value is -1.22. The van der Waals surface area contributed by atoms with Crippen LogP contribution in [0.25, 0.3) is 0 Å². The molecule has 0 N–H and O–H groups in total. The molecule has 3 heteroatoms. The Morgan fingerprint density at radius 1 is 1.55 bits per heavy atom. The number of rotatable bonds is 2. The summed E-state index contributed by atoms with van der Waals surface area (Å²) < 4.78 is 5.06. The van der Waals surface area contributed by atoms with E-state index in [2.05, 4.69) is 0 Å². The van der Waals surface area contributed by atoms with Gasteiger partial charge in [-0.3, -0.25) is 9.59 Å². The Morgan fingerprint density at radius 2 is 2.36 bits per heavy atom. The van der Waals surface area contributed by atoms with Crippen molar-refractivity contribution in [3.63, 3.8) is 0 Å². The molecule has 11 heavy (non-hydrogen) atoms. The maximum absolute atomic E-state index is 10.5. The van der Waals surface area contributed by atoms with E-state index in [0.717, 1.165) is 0 Å². The molecule has 1 saturated heterocycles. The molecule has 1 aliphatic heterocycles. The molecule has 1 heterocycles. The Morgan fingerprint density at radius 3 is 2.91 bits per heavy atom. The van der Waals surface area contributed by atoms with E-state index in [-0.39, 0.29) is 6.10 Å². The Balaban J connectivity index is 2.41. The van der Waals surface area contributed by atoms with Crippen molar-refractivity contribution >= 4 is 12.6 Å². The van der Waals surface area contributed by atoms with E-state index in [1.807, 2.05) is 0 Å². The summed E-state index contributed by atoms with van der Waals surface area (Å²) in [4.78, 5) is 21.0. The summed E-state index contributed by atoms with van der Waals surface area (Å²) in [6, 6.07) is 0. The Labute approximate surface area is 63.3 Å². The summed E-state index contributed by atoms with van der Waals surface area (Å²) in [6.07, 6.45) is 6.24. The molecule has 0 aromatic carbocycles. The summed E-state index contributed by atoms with van der Waals surface area (Å²) >= 11 is 0. The predicted octanol–water partition coefficient (Wildman–Crippen LogP) is 0.0180. The zero-order chi connectivity index (χ0) is 7.90. The van der Waals surface area contributed by atoms with Gasteiger partial charge in [0, 0.05) is 5.57 Å². The molecule has 0 spiro atoms. The normalized spacial score (nSPS) is 38.9. The SMILES string of the molecule is O=CC1=CC=CC2OC12C=O. The van der Waals surface area contributed by atoms with Crippen molar-refractivity contribution in [1.82, 2.24) is 0 Å². The quantitative estimate of drug-likeness (QED) is 0.411. The lowest BCUT2D eigenvalue weighted by Crippen LogP contribution is -2.22. The van der Waals surface area contributed by atoms with Crippen LogP contribution in [0.15, 0.2) is 23.8 Å².